The number of rotatable bonds is 2. The average Bonchev–Trinajstić information content (AvgIpc) is 2.02. The van der Waals surface area contributed by atoms with Crippen LogP contribution in [0.25, 0.3) is 0 Å². The SMILES string of the molecule is COc1c(C)cc(Cl)cc1C(=N)N. The predicted molar refractivity (Wildman–Crippen MR) is 53.8 cm³/mol. The molecule has 0 aromatic heterocycles. The van der Waals surface area contributed by atoms with Crippen LogP contribution in [-0.2, 0) is 0 Å². The summed E-state index contributed by atoms with van der Waals surface area (Å²) < 4.78 is 5.11. The van der Waals surface area contributed by atoms with Crippen LogP contribution in [0.2, 0.25) is 5.02 Å². The van der Waals surface area contributed by atoms with Gasteiger partial charge in [-0.05, 0) is 24.6 Å². The van der Waals surface area contributed by atoms with E-state index < -0.39 is 0 Å². The maximum atomic E-state index is 7.31. The van der Waals surface area contributed by atoms with E-state index in [1.54, 1.807) is 19.2 Å². The lowest BCUT2D eigenvalue weighted by atomic mass is 10.1. The molecule has 70 valence electrons. The molecule has 0 aliphatic rings. The molecular weight excluding hydrogens is 188 g/mol. The van der Waals surface area contributed by atoms with Gasteiger partial charge >= 0.3 is 0 Å². The smallest absolute Gasteiger partial charge is 0.132 e. The molecule has 0 amide bonds. The van der Waals surface area contributed by atoms with Crippen LogP contribution in [0.1, 0.15) is 11.1 Å². The van der Waals surface area contributed by atoms with Gasteiger partial charge in [0.05, 0.1) is 12.7 Å². The summed E-state index contributed by atoms with van der Waals surface area (Å²) in [6.45, 7) is 1.86. The van der Waals surface area contributed by atoms with Crippen molar-refractivity contribution >= 4 is 17.4 Å². The molecule has 0 bridgehead atoms. The van der Waals surface area contributed by atoms with Gasteiger partial charge in [0.1, 0.15) is 11.6 Å². The number of hydrogen-bond donors (Lipinski definition) is 2. The molecule has 0 spiro atoms. The molecule has 0 unspecified atom stereocenters. The fourth-order valence-electron chi connectivity index (χ4n) is 1.20. The first-order valence-corrected chi connectivity index (χ1v) is 4.12. The molecule has 0 heterocycles. The summed E-state index contributed by atoms with van der Waals surface area (Å²) in [5.41, 5.74) is 6.78. The predicted octanol–water partition coefficient (Wildman–Crippen LogP) is 1.94. The number of nitrogens with two attached hydrogens (primary N) is 1. The second-order valence-corrected chi connectivity index (χ2v) is 3.15. The minimum atomic E-state index is -0.0394. The Labute approximate surface area is 82.0 Å². The van der Waals surface area contributed by atoms with Gasteiger partial charge in [0.25, 0.3) is 0 Å². The molecule has 1 aromatic rings. The highest BCUT2D eigenvalue weighted by Crippen LogP contribution is 2.26. The van der Waals surface area contributed by atoms with E-state index in [0.717, 1.165) is 5.56 Å². The maximum absolute atomic E-state index is 7.31. The standard InChI is InChI=1S/C9H11ClN2O/c1-5-3-6(10)4-7(9(11)12)8(5)13-2/h3-4H,1-2H3,(H3,11,12). The van der Waals surface area contributed by atoms with Gasteiger partial charge in [-0.1, -0.05) is 11.6 Å². The summed E-state index contributed by atoms with van der Waals surface area (Å²) >= 11 is 5.82. The number of ether oxygens (including phenoxy) is 1. The van der Waals surface area contributed by atoms with Crippen molar-refractivity contribution < 1.29 is 4.74 Å². The van der Waals surface area contributed by atoms with E-state index in [1.165, 1.54) is 0 Å². The topological polar surface area (TPSA) is 59.1 Å². The van der Waals surface area contributed by atoms with Gasteiger partial charge in [-0.3, -0.25) is 5.41 Å². The average molecular weight is 199 g/mol. The van der Waals surface area contributed by atoms with E-state index >= 15 is 0 Å². The number of benzene rings is 1. The quantitative estimate of drug-likeness (QED) is 0.564. The van der Waals surface area contributed by atoms with Crippen molar-refractivity contribution in [1.82, 2.24) is 0 Å². The number of aryl methyl sites for hydroxylation is 1. The number of nitrogens with one attached hydrogen (secondary N) is 1. The highest BCUT2D eigenvalue weighted by atomic mass is 35.5. The monoisotopic (exact) mass is 198 g/mol. The van der Waals surface area contributed by atoms with E-state index in [2.05, 4.69) is 0 Å². The Morgan fingerprint density at radius 3 is 2.62 bits per heavy atom. The summed E-state index contributed by atoms with van der Waals surface area (Å²) in [7, 11) is 1.54. The number of hydrogen-bond acceptors (Lipinski definition) is 2. The van der Waals surface area contributed by atoms with Gasteiger partial charge < -0.3 is 10.5 Å². The maximum Gasteiger partial charge on any atom is 0.132 e. The lowest BCUT2D eigenvalue weighted by Crippen LogP contribution is -2.13. The molecule has 13 heavy (non-hydrogen) atoms. The molecule has 3 nitrogen and oxygen atoms in total. The van der Waals surface area contributed by atoms with Crippen LogP contribution in [0, 0.1) is 12.3 Å². The molecule has 3 N–H and O–H groups in total. The Morgan fingerprint density at radius 2 is 2.15 bits per heavy atom. The van der Waals surface area contributed by atoms with E-state index in [4.69, 9.17) is 27.5 Å². The van der Waals surface area contributed by atoms with Crippen molar-refractivity contribution in [1.29, 1.82) is 5.41 Å². The van der Waals surface area contributed by atoms with E-state index in [-0.39, 0.29) is 5.84 Å². The first-order valence-electron chi connectivity index (χ1n) is 3.74. The van der Waals surface area contributed by atoms with Crippen molar-refractivity contribution in [2.45, 2.75) is 6.92 Å². The fraction of sp³-hybridized carbons (Fsp3) is 0.222. The molecule has 0 aliphatic carbocycles. The van der Waals surface area contributed by atoms with Crippen LogP contribution >= 0.6 is 11.6 Å². The number of amidine groups is 1. The molecule has 4 heteroatoms. The zero-order valence-corrected chi connectivity index (χ0v) is 8.27. The first-order chi connectivity index (χ1) is 6.06. The van der Waals surface area contributed by atoms with Crippen molar-refractivity contribution in [3.8, 4) is 5.75 Å². The van der Waals surface area contributed by atoms with Gasteiger partial charge in [-0.25, -0.2) is 0 Å². The summed E-state index contributed by atoms with van der Waals surface area (Å²) in [6.07, 6.45) is 0. The Balaban J connectivity index is 3.38. The van der Waals surface area contributed by atoms with Crippen molar-refractivity contribution in [3.05, 3.63) is 28.3 Å². The third-order valence-electron chi connectivity index (χ3n) is 1.73. The van der Waals surface area contributed by atoms with Crippen LogP contribution in [0.5, 0.6) is 5.75 Å². The summed E-state index contributed by atoms with van der Waals surface area (Å²) in [5, 5.41) is 7.87. The van der Waals surface area contributed by atoms with Crippen LogP contribution in [0.15, 0.2) is 12.1 Å². The van der Waals surface area contributed by atoms with Gasteiger partial charge in [0, 0.05) is 5.02 Å². The zero-order valence-electron chi connectivity index (χ0n) is 7.52. The lowest BCUT2D eigenvalue weighted by molar-refractivity contribution is 0.411. The third kappa shape index (κ3) is 1.92. The number of nitrogen functional groups attached to an aromatic ring is 1. The van der Waals surface area contributed by atoms with Crippen LogP contribution in [0.4, 0.5) is 0 Å². The van der Waals surface area contributed by atoms with Crippen molar-refractivity contribution in [2.24, 2.45) is 5.73 Å². The minimum Gasteiger partial charge on any atom is -0.496 e. The number of halogens is 1. The molecule has 0 radical (unpaired) electrons. The van der Waals surface area contributed by atoms with E-state index in [9.17, 15) is 0 Å². The second kappa shape index (κ2) is 3.66. The van der Waals surface area contributed by atoms with Gasteiger partial charge in [0.2, 0.25) is 0 Å². The summed E-state index contributed by atoms with van der Waals surface area (Å²) in [6, 6.07) is 3.39. The lowest BCUT2D eigenvalue weighted by Gasteiger charge is -2.10. The molecule has 1 rings (SSSR count). The van der Waals surface area contributed by atoms with Gasteiger partial charge in [-0.15, -0.1) is 0 Å². The summed E-state index contributed by atoms with van der Waals surface area (Å²) in [4.78, 5) is 0. The highest BCUT2D eigenvalue weighted by molar-refractivity contribution is 6.31. The Hall–Kier alpha value is -1.22. The highest BCUT2D eigenvalue weighted by Gasteiger charge is 2.09. The minimum absolute atomic E-state index is 0.0394. The molecule has 1 aromatic carbocycles. The summed E-state index contributed by atoms with van der Waals surface area (Å²) in [5.74, 6) is 0.569. The van der Waals surface area contributed by atoms with Gasteiger partial charge in [-0.2, -0.15) is 0 Å². The number of methoxy groups -OCH3 is 1. The Bertz CT molecular complexity index is 350. The molecule has 0 atom stereocenters. The molecular formula is C9H11ClN2O. The second-order valence-electron chi connectivity index (χ2n) is 2.72. The van der Waals surface area contributed by atoms with Crippen LogP contribution in [0.3, 0.4) is 0 Å². The normalized spacial score (nSPS) is 9.77. The van der Waals surface area contributed by atoms with Crippen LogP contribution < -0.4 is 10.5 Å². The van der Waals surface area contributed by atoms with Crippen LogP contribution in [-0.4, -0.2) is 12.9 Å². The largest absolute Gasteiger partial charge is 0.496 e. The van der Waals surface area contributed by atoms with E-state index in [0.29, 0.717) is 16.3 Å². The molecule has 0 aliphatic heterocycles. The van der Waals surface area contributed by atoms with Gasteiger partial charge in [0.15, 0.2) is 0 Å². The molecule has 0 fully saturated rings. The van der Waals surface area contributed by atoms with Crippen molar-refractivity contribution in [2.75, 3.05) is 7.11 Å². The third-order valence-corrected chi connectivity index (χ3v) is 1.95. The Kier molecular flexibility index (Phi) is 2.78. The molecule has 0 saturated carbocycles. The zero-order chi connectivity index (χ0) is 10.0. The van der Waals surface area contributed by atoms with Crippen molar-refractivity contribution in [3.63, 3.8) is 0 Å². The first kappa shape index (κ1) is 9.86. The Morgan fingerprint density at radius 1 is 1.54 bits per heavy atom. The fourth-order valence-corrected chi connectivity index (χ4v) is 1.47. The van der Waals surface area contributed by atoms with E-state index in [1.807, 2.05) is 6.92 Å². The molecule has 0 saturated heterocycles.